The van der Waals surface area contributed by atoms with Crippen molar-refractivity contribution in [3.05, 3.63) is 41.4 Å². The lowest BCUT2D eigenvalue weighted by molar-refractivity contribution is -0.132. The van der Waals surface area contributed by atoms with Crippen molar-refractivity contribution in [3.63, 3.8) is 0 Å². The maximum Gasteiger partial charge on any atom is 0.223 e. The van der Waals surface area contributed by atoms with Gasteiger partial charge < -0.3 is 14.2 Å². The molecule has 0 aliphatic carbocycles. The minimum atomic E-state index is 0.171. The van der Waals surface area contributed by atoms with E-state index in [0.717, 1.165) is 31.7 Å². The van der Waals surface area contributed by atoms with E-state index in [9.17, 15) is 4.79 Å². The Bertz CT molecular complexity index is 661. The Morgan fingerprint density at radius 1 is 1.22 bits per heavy atom. The quantitative estimate of drug-likeness (QED) is 0.863. The van der Waals surface area contributed by atoms with Crippen LogP contribution < -0.4 is 0 Å². The third-order valence-electron chi connectivity index (χ3n) is 4.09. The van der Waals surface area contributed by atoms with Crippen LogP contribution in [-0.2, 0) is 11.2 Å². The molecule has 6 heteroatoms. The maximum atomic E-state index is 12.2. The zero-order chi connectivity index (χ0) is 16.2. The second-order valence-electron chi connectivity index (χ2n) is 5.81. The molecule has 1 aromatic heterocycles. The molecule has 0 N–H and O–H groups in total. The number of piperazine rings is 1. The fourth-order valence-corrected chi connectivity index (χ4v) is 2.73. The van der Waals surface area contributed by atoms with Gasteiger partial charge in [-0.3, -0.25) is 4.79 Å². The average Bonchev–Trinajstić information content (AvgIpc) is 3.03. The molecule has 122 valence electrons. The molecule has 0 spiro atoms. The van der Waals surface area contributed by atoms with Crippen molar-refractivity contribution in [3.8, 4) is 11.3 Å². The number of carbonyl (C=O) groups excluding carboxylic acids is 1. The molecule has 1 saturated heterocycles. The molecule has 1 amide bonds. The molecular weight excluding hydrogens is 314 g/mol. The fraction of sp³-hybridized carbons (Fsp3) is 0.412. The molecule has 0 unspecified atom stereocenters. The summed E-state index contributed by atoms with van der Waals surface area (Å²) in [6.07, 6.45) is 2.65. The van der Waals surface area contributed by atoms with Gasteiger partial charge in [-0.05, 0) is 31.3 Å². The highest BCUT2D eigenvalue weighted by Gasteiger charge is 2.19. The first-order chi connectivity index (χ1) is 11.1. The van der Waals surface area contributed by atoms with Crippen LogP contribution in [0.2, 0.25) is 5.02 Å². The number of hydrogen-bond donors (Lipinski definition) is 0. The van der Waals surface area contributed by atoms with Crippen LogP contribution in [0.3, 0.4) is 0 Å². The highest BCUT2D eigenvalue weighted by Crippen LogP contribution is 2.22. The molecule has 1 aliphatic rings. The minimum absolute atomic E-state index is 0.171. The van der Waals surface area contributed by atoms with Crippen LogP contribution in [0, 0.1) is 0 Å². The Morgan fingerprint density at radius 3 is 2.61 bits per heavy atom. The largest absolute Gasteiger partial charge is 0.441 e. The summed E-state index contributed by atoms with van der Waals surface area (Å²) >= 11 is 5.88. The van der Waals surface area contributed by atoms with Gasteiger partial charge >= 0.3 is 0 Å². The lowest BCUT2D eigenvalue weighted by Gasteiger charge is -2.32. The smallest absolute Gasteiger partial charge is 0.223 e. The first kappa shape index (κ1) is 16.0. The van der Waals surface area contributed by atoms with Crippen LogP contribution >= 0.6 is 11.6 Å². The summed E-state index contributed by atoms with van der Waals surface area (Å²) in [6, 6.07) is 7.41. The number of hydrogen-bond acceptors (Lipinski definition) is 4. The summed E-state index contributed by atoms with van der Waals surface area (Å²) in [6.45, 7) is 3.48. The number of carbonyl (C=O) groups is 1. The molecule has 0 atom stereocenters. The van der Waals surface area contributed by atoms with Crippen LogP contribution in [0.25, 0.3) is 11.3 Å². The van der Waals surface area contributed by atoms with Gasteiger partial charge in [0.15, 0.2) is 11.7 Å². The molecule has 3 rings (SSSR count). The van der Waals surface area contributed by atoms with Crippen LogP contribution in [0.4, 0.5) is 0 Å². The monoisotopic (exact) mass is 333 g/mol. The zero-order valence-corrected chi connectivity index (χ0v) is 13.9. The molecule has 5 nitrogen and oxygen atoms in total. The standard InChI is InChI=1S/C17H20ClN3O2/c1-20-8-10-21(11-9-20)17(22)7-6-16-19-12-15(23-16)13-2-4-14(18)5-3-13/h2-5,12H,6-11H2,1H3. The molecule has 0 radical (unpaired) electrons. The third kappa shape index (κ3) is 4.12. The molecule has 0 bridgehead atoms. The number of oxazole rings is 1. The number of amides is 1. The Morgan fingerprint density at radius 2 is 1.91 bits per heavy atom. The maximum absolute atomic E-state index is 12.2. The Kier molecular flexibility index (Phi) is 4.98. The van der Waals surface area contributed by atoms with E-state index in [0.29, 0.717) is 29.5 Å². The van der Waals surface area contributed by atoms with Gasteiger partial charge in [-0.15, -0.1) is 0 Å². The lowest BCUT2D eigenvalue weighted by Crippen LogP contribution is -2.47. The Labute approximate surface area is 140 Å². The summed E-state index contributed by atoms with van der Waals surface area (Å²) in [5.74, 6) is 1.46. The first-order valence-corrected chi connectivity index (χ1v) is 8.16. The van der Waals surface area contributed by atoms with Crippen LogP contribution in [0.1, 0.15) is 12.3 Å². The second kappa shape index (κ2) is 7.15. The van der Waals surface area contributed by atoms with Crippen molar-refractivity contribution < 1.29 is 9.21 Å². The molecule has 0 saturated carbocycles. The summed E-state index contributed by atoms with van der Waals surface area (Å²) in [7, 11) is 2.08. The lowest BCUT2D eigenvalue weighted by atomic mass is 10.2. The summed E-state index contributed by atoms with van der Waals surface area (Å²) in [4.78, 5) is 20.6. The van der Waals surface area contributed by atoms with Crippen molar-refractivity contribution in [2.75, 3.05) is 33.2 Å². The van der Waals surface area contributed by atoms with Crippen molar-refractivity contribution >= 4 is 17.5 Å². The Hall–Kier alpha value is -1.85. The van der Waals surface area contributed by atoms with Gasteiger partial charge in [0, 0.05) is 49.6 Å². The number of nitrogens with zero attached hydrogens (tertiary/aromatic N) is 3. The average molecular weight is 334 g/mol. The number of aromatic nitrogens is 1. The van der Waals surface area contributed by atoms with E-state index in [1.807, 2.05) is 29.2 Å². The van der Waals surface area contributed by atoms with Gasteiger partial charge in [-0.2, -0.15) is 0 Å². The molecule has 2 aromatic rings. The molecule has 2 heterocycles. The van der Waals surface area contributed by atoms with Crippen LogP contribution in [0.15, 0.2) is 34.9 Å². The number of aryl methyl sites for hydroxylation is 1. The van der Waals surface area contributed by atoms with E-state index in [1.54, 1.807) is 6.20 Å². The number of rotatable bonds is 4. The molecule has 1 fully saturated rings. The predicted octanol–water partition coefficient (Wildman–Crippen LogP) is 2.70. The van der Waals surface area contributed by atoms with Crippen LogP contribution in [-0.4, -0.2) is 53.9 Å². The predicted molar refractivity (Wildman–Crippen MR) is 89.3 cm³/mol. The van der Waals surface area contributed by atoms with E-state index < -0.39 is 0 Å². The SMILES string of the molecule is CN1CCN(C(=O)CCc2ncc(-c3ccc(Cl)cc3)o2)CC1. The van der Waals surface area contributed by atoms with Crippen LogP contribution in [0.5, 0.6) is 0 Å². The van der Waals surface area contributed by atoms with Gasteiger partial charge in [0.05, 0.1) is 6.20 Å². The number of likely N-dealkylation sites (N-methyl/N-ethyl adjacent to an activating group) is 1. The van der Waals surface area contributed by atoms with Gasteiger partial charge in [0.1, 0.15) is 0 Å². The second-order valence-corrected chi connectivity index (χ2v) is 6.25. The molecule has 1 aromatic carbocycles. The zero-order valence-electron chi connectivity index (χ0n) is 13.2. The number of halogens is 1. The molecule has 23 heavy (non-hydrogen) atoms. The summed E-state index contributed by atoms with van der Waals surface area (Å²) < 4.78 is 5.73. The molecule has 1 aliphatic heterocycles. The van der Waals surface area contributed by atoms with E-state index >= 15 is 0 Å². The van der Waals surface area contributed by atoms with E-state index in [-0.39, 0.29) is 5.91 Å². The number of benzene rings is 1. The Balaban J connectivity index is 1.55. The highest BCUT2D eigenvalue weighted by molar-refractivity contribution is 6.30. The van der Waals surface area contributed by atoms with E-state index in [2.05, 4.69) is 16.9 Å². The van der Waals surface area contributed by atoms with Crippen molar-refractivity contribution in [1.29, 1.82) is 0 Å². The van der Waals surface area contributed by atoms with Gasteiger partial charge in [0.25, 0.3) is 0 Å². The van der Waals surface area contributed by atoms with E-state index in [1.165, 1.54) is 0 Å². The fourth-order valence-electron chi connectivity index (χ4n) is 2.60. The van der Waals surface area contributed by atoms with E-state index in [4.69, 9.17) is 16.0 Å². The topological polar surface area (TPSA) is 49.6 Å². The summed E-state index contributed by atoms with van der Waals surface area (Å²) in [5.41, 5.74) is 0.929. The third-order valence-corrected chi connectivity index (χ3v) is 4.34. The summed E-state index contributed by atoms with van der Waals surface area (Å²) in [5, 5.41) is 0.686. The van der Waals surface area contributed by atoms with Crippen molar-refractivity contribution in [1.82, 2.24) is 14.8 Å². The van der Waals surface area contributed by atoms with Gasteiger partial charge in [-0.1, -0.05) is 11.6 Å². The van der Waals surface area contributed by atoms with Crippen molar-refractivity contribution in [2.45, 2.75) is 12.8 Å². The molecular formula is C17H20ClN3O2. The van der Waals surface area contributed by atoms with Gasteiger partial charge in [0.2, 0.25) is 5.91 Å². The minimum Gasteiger partial charge on any atom is -0.441 e. The van der Waals surface area contributed by atoms with Crippen molar-refractivity contribution in [2.24, 2.45) is 0 Å². The normalized spacial score (nSPS) is 15.8. The van der Waals surface area contributed by atoms with Gasteiger partial charge in [-0.25, -0.2) is 4.98 Å². The highest BCUT2D eigenvalue weighted by atomic mass is 35.5. The first-order valence-electron chi connectivity index (χ1n) is 7.79.